The van der Waals surface area contributed by atoms with Gasteiger partial charge in [0.1, 0.15) is 12.4 Å². The number of nitrogens with zero attached hydrogens (tertiary/aromatic N) is 3. The van der Waals surface area contributed by atoms with Crippen LogP contribution in [0.1, 0.15) is 29.4 Å². The van der Waals surface area contributed by atoms with Gasteiger partial charge in [-0.1, -0.05) is 17.7 Å². The van der Waals surface area contributed by atoms with E-state index in [9.17, 15) is 0 Å². The molecule has 1 aromatic heterocycles. The lowest BCUT2D eigenvalue weighted by Gasteiger charge is -2.10. The predicted octanol–water partition coefficient (Wildman–Crippen LogP) is 3.62. The summed E-state index contributed by atoms with van der Waals surface area (Å²) in [5.74, 6) is 0.696. The first-order valence-corrected chi connectivity index (χ1v) is 6.80. The molecule has 2 aromatic rings. The highest BCUT2D eigenvalue weighted by atomic mass is 35.5. The van der Waals surface area contributed by atoms with Crippen molar-refractivity contribution >= 4 is 11.6 Å². The highest BCUT2D eigenvalue weighted by molar-refractivity contribution is 6.31. The maximum absolute atomic E-state index is 8.93. The summed E-state index contributed by atoms with van der Waals surface area (Å²) in [5.41, 5.74) is 3.22. The fraction of sp³-hybridized carbons (Fsp3) is 0.333. The molecule has 2 rings (SSSR count). The Hall–Kier alpha value is -1.99. The van der Waals surface area contributed by atoms with Crippen LogP contribution in [-0.4, -0.2) is 9.78 Å². The smallest absolute Gasteiger partial charge is 0.131 e. The van der Waals surface area contributed by atoms with Crippen LogP contribution in [0.15, 0.2) is 18.2 Å². The van der Waals surface area contributed by atoms with E-state index in [-0.39, 0.29) is 0 Å². The minimum atomic E-state index is 0.337. The van der Waals surface area contributed by atoms with Crippen LogP contribution in [0.4, 0.5) is 0 Å². The molecule has 0 bridgehead atoms. The maximum Gasteiger partial charge on any atom is 0.131 e. The number of hydrogen-bond acceptors (Lipinski definition) is 3. The normalized spacial score (nSPS) is 10.3. The molecule has 0 radical (unpaired) electrons. The summed E-state index contributed by atoms with van der Waals surface area (Å²) in [5, 5.41) is 13.9. The van der Waals surface area contributed by atoms with Crippen molar-refractivity contribution in [1.82, 2.24) is 9.78 Å². The molecule has 0 spiro atoms. The lowest BCUT2D eigenvalue weighted by molar-refractivity contribution is 0.290. The molecule has 0 amide bonds. The van der Waals surface area contributed by atoms with Crippen LogP contribution in [0, 0.1) is 25.2 Å². The standard InChI is InChI=1S/C15H16ClN3O/c1-4-19-13(15(16)11(3)18-19)9-20-14-7-12(8-17)6-5-10(14)2/h5-7H,4,9H2,1-3H3. The second-order valence-corrected chi connectivity index (χ2v) is 4.92. The number of ether oxygens (including phenoxy) is 1. The van der Waals surface area contributed by atoms with Gasteiger partial charge in [0.2, 0.25) is 0 Å². The van der Waals surface area contributed by atoms with Crippen molar-refractivity contribution in [3.8, 4) is 11.8 Å². The van der Waals surface area contributed by atoms with Gasteiger partial charge >= 0.3 is 0 Å². The SMILES string of the molecule is CCn1nc(C)c(Cl)c1COc1cc(C#N)ccc1C. The fourth-order valence-corrected chi connectivity index (χ4v) is 2.17. The molecule has 1 heterocycles. The molecule has 5 heteroatoms. The van der Waals surface area contributed by atoms with E-state index in [2.05, 4.69) is 11.2 Å². The molecule has 0 aliphatic rings. The third kappa shape index (κ3) is 2.78. The van der Waals surface area contributed by atoms with Crippen molar-refractivity contribution in [2.45, 2.75) is 33.9 Å². The molecular formula is C15H16ClN3O. The first-order chi connectivity index (χ1) is 9.56. The Balaban J connectivity index is 2.23. The van der Waals surface area contributed by atoms with Crippen molar-refractivity contribution in [2.24, 2.45) is 0 Å². The van der Waals surface area contributed by atoms with E-state index < -0.39 is 0 Å². The summed E-state index contributed by atoms with van der Waals surface area (Å²) in [6, 6.07) is 7.49. The zero-order valence-electron chi connectivity index (χ0n) is 11.8. The van der Waals surface area contributed by atoms with Crippen LogP contribution in [0.2, 0.25) is 5.02 Å². The second kappa shape index (κ2) is 5.98. The number of benzene rings is 1. The summed E-state index contributed by atoms with van der Waals surface area (Å²) in [7, 11) is 0. The van der Waals surface area contributed by atoms with Crippen molar-refractivity contribution in [3.05, 3.63) is 45.7 Å². The Labute approximate surface area is 123 Å². The van der Waals surface area contributed by atoms with E-state index >= 15 is 0 Å². The number of nitriles is 1. The third-order valence-corrected chi connectivity index (χ3v) is 3.63. The Morgan fingerprint density at radius 1 is 1.40 bits per heavy atom. The first-order valence-electron chi connectivity index (χ1n) is 6.42. The topological polar surface area (TPSA) is 50.8 Å². The van der Waals surface area contributed by atoms with E-state index in [0.717, 1.165) is 23.5 Å². The molecule has 20 heavy (non-hydrogen) atoms. The van der Waals surface area contributed by atoms with Crippen LogP contribution >= 0.6 is 11.6 Å². The van der Waals surface area contributed by atoms with Gasteiger partial charge in [-0.3, -0.25) is 4.68 Å². The average molecular weight is 290 g/mol. The highest BCUT2D eigenvalue weighted by Crippen LogP contribution is 2.24. The van der Waals surface area contributed by atoms with Gasteiger partial charge in [0, 0.05) is 6.54 Å². The summed E-state index contributed by atoms with van der Waals surface area (Å²) < 4.78 is 7.64. The maximum atomic E-state index is 8.93. The van der Waals surface area contributed by atoms with Gasteiger partial charge < -0.3 is 4.74 Å². The van der Waals surface area contributed by atoms with Crippen LogP contribution in [0.25, 0.3) is 0 Å². The first kappa shape index (κ1) is 14.4. The molecule has 104 valence electrons. The van der Waals surface area contributed by atoms with Gasteiger partial charge in [-0.15, -0.1) is 0 Å². The molecule has 0 aliphatic carbocycles. The third-order valence-electron chi connectivity index (χ3n) is 3.13. The van der Waals surface area contributed by atoms with Crippen LogP contribution in [0.5, 0.6) is 5.75 Å². The largest absolute Gasteiger partial charge is 0.487 e. The lowest BCUT2D eigenvalue weighted by atomic mass is 10.1. The lowest BCUT2D eigenvalue weighted by Crippen LogP contribution is -2.07. The van der Waals surface area contributed by atoms with Gasteiger partial charge in [-0.25, -0.2) is 0 Å². The molecule has 4 nitrogen and oxygen atoms in total. The molecule has 1 aromatic carbocycles. The van der Waals surface area contributed by atoms with Crippen molar-refractivity contribution in [1.29, 1.82) is 5.26 Å². The highest BCUT2D eigenvalue weighted by Gasteiger charge is 2.13. The molecule has 0 aliphatic heterocycles. The van der Waals surface area contributed by atoms with Gasteiger partial charge in [0.15, 0.2) is 0 Å². The number of hydrogen-bond donors (Lipinski definition) is 0. The Bertz CT molecular complexity index is 670. The zero-order chi connectivity index (χ0) is 14.7. The Morgan fingerprint density at radius 3 is 2.80 bits per heavy atom. The molecule has 0 saturated heterocycles. The van der Waals surface area contributed by atoms with Crippen LogP contribution < -0.4 is 4.74 Å². The molecule has 0 fully saturated rings. The van der Waals surface area contributed by atoms with E-state index in [4.69, 9.17) is 21.6 Å². The summed E-state index contributed by atoms with van der Waals surface area (Å²) >= 11 is 6.24. The number of aromatic nitrogens is 2. The van der Waals surface area contributed by atoms with Crippen molar-refractivity contribution in [2.75, 3.05) is 0 Å². The summed E-state index contributed by atoms with van der Waals surface area (Å²) in [6.45, 7) is 6.90. The van der Waals surface area contributed by atoms with Gasteiger partial charge in [0.05, 0.1) is 28.0 Å². The van der Waals surface area contributed by atoms with Gasteiger partial charge in [-0.2, -0.15) is 10.4 Å². The Morgan fingerprint density at radius 2 is 2.15 bits per heavy atom. The predicted molar refractivity (Wildman–Crippen MR) is 77.9 cm³/mol. The fourth-order valence-electron chi connectivity index (χ4n) is 1.98. The van der Waals surface area contributed by atoms with Crippen LogP contribution in [-0.2, 0) is 13.2 Å². The number of halogens is 1. The summed E-state index contributed by atoms with van der Waals surface area (Å²) in [4.78, 5) is 0. The van der Waals surface area contributed by atoms with Gasteiger partial charge in [0.25, 0.3) is 0 Å². The van der Waals surface area contributed by atoms with E-state index in [1.54, 1.807) is 12.1 Å². The summed E-state index contributed by atoms with van der Waals surface area (Å²) in [6.07, 6.45) is 0. The number of aryl methyl sites for hydroxylation is 3. The zero-order valence-corrected chi connectivity index (χ0v) is 12.5. The minimum absolute atomic E-state index is 0.337. The molecule has 0 atom stereocenters. The average Bonchev–Trinajstić information content (AvgIpc) is 2.73. The van der Waals surface area contributed by atoms with Gasteiger partial charge in [-0.05, 0) is 38.5 Å². The second-order valence-electron chi connectivity index (χ2n) is 4.54. The van der Waals surface area contributed by atoms with E-state index in [1.165, 1.54) is 0 Å². The van der Waals surface area contributed by atoms with E-state index in [1.807, 2.05) is 31.5 Å². The quantitative estimate of drug-likeness (QED) is 0.864. The monoisotopic (exact) mass is 289 g/mol. The molecular weight excluding hydrogens is 274 g/mol. The molecule has 0 unspecified atom stereocenters. The number of rotatable bonds is 4. The van der Waals surface area contributed by atoms with E-state index in [0.29, 0.717) is 22.9 Å². The molecule has 0 N–H and O–H groups in total. The molecule has 0 saturated carbocycles. The Kier molecular flexibility index (Phi) is 4.31. The minimum Gasteiger partial charge on any atom is -0.487 e. The van der Waals surface area contributed by atoms with Crippen molar-refractivity contribution in [3.63, 3.8) is 0 Å². The van der Waals surface area contributed by atoms with Crippen molar-refractivity contribution < 1.29 is 4.74 Å². The van der Waals surface area contributed by atoms with Crippen LogP contribution in [0.3, 0.4) is 0 Å².